The summed E-state index contributed by atoms with van der Waals surface area (Å²) in [6.07, 6.45) is 1.68. The van der Waals surface area contributed by atoms with Crippen LogP contribution < -0.4 is 9.62 Å². The molecule has 0 spiro atoms. The van der Waals surface area contributed by atoms with Crippen LogP contribution in [0.1, 0.15) is 36.1 Å². The van der Waals surface area contributed by atoms with E-state index in [4.69, 9.17) is 0 Å². The van der Waals surface area contributed by atoms with Gasteiger partial charge in [0.1, 0.15) is 6.54 Å². The fraction of sp³-hybridized carbons (Fsp3) is 0.269. The highest BCUT2D eigenvalue weighted by molar-refractivity contribution is 7.93. The zero-order chi connectivity index (χ0) is 25.8. The number of aryl methyl sites for hydroxylation is 2. The summed E-state index contributed by atoms with van der Waals surface area (Å²) in [4.78, 5) is 13.4. The third kappa shape index (κ3) is 6.29. The predicted octanol–water partition coefficient (Wildman–Crippen LogP) is 4.17. The Kier molecular flexibility index (Phi) is 8.02. The smallest absolute Gasteiger partial charge is 0.264 e. The van der Waals surface area contributed by atoms with E-state index >= 15 is 0 Å². The predicted molar refractivity (Wildman–Crippen MR) is 138 cm³/mol. The maximum absolute atomic E-state index is 13.6. The van der Waals surface area contributed by atoms with E-state index in [-0.39, 0.29) is 9.79 Å². The summed E-state index contributed by atoms with van der Waals surface area (Å²) in [6.45, 7) is 5.21. The van der Waals surface area contributed by atoms with E-state index in [1.165, 1.54) is 24.3 Å². The van der Waals surface area contributed by atoms with Crippen molar-refractivity contribution in [1.82, 2.24) is 5.32 Å². The monoisotopic (exact) mass is 514 g/mol. The SMILES string of the molecule is CCC(NC(=O)CN(c1ccc(C)cc1C)S(=O)(=O)c1ccccc1)c1ccc(S(C)(=O)=O)cc1. The van der Waals surface area contributed by atoms with Crippen LogP contribution in [0, 0.1) is 13.8 Å². The van der Waals surface area contributed by atoms with Crippen molar-refractivity contribution in [1.29, 1.82) is 0 Å². The Balaban J connectivity index is 1.91. The Morgan fingerprint density at radius 1 is 0.886 bits per heavy atom. The van der Waals surface area contributed by atoms with E-state index < -0.39 is 38.4 Å². The highest BCUT2D eigenvalue weighted by Gasteiger charge is 2.29. The lowest BCUT2D eigenvalue weighted by Gasteiger charge is -2.27. The summed E-state index contributed by atoms with van der Waals surface area (Å²) < 4.78 is 51.7. The number of sulfone groups is 1. The van der Waals surface area contributed by atoms with Gasteiger partial charge in [0.2, 0.25) is 5.91 Å². The molecule has 9 heteroatoms. The van der Waals surface area contributed by atoms with E-state index in [0.717, 1.165) is 27.3 Å². The summed E-state index contributed by atoms with van der Waals surface area (Å²) >= 11 is 0. The third-order valence-corrected chi connectivity index (χ3v) is 8.60. The number of amides is 1. The zero-order valence-corrected chi connectivity index (χ0v) is 21.9. The molecule has 0 radical (unpaired) electrons. The molecule has 1 atom stereocenters. The lowest BCUT2D eigenvalue weighted by Crippen LogP contribution is -2.42. The van der Waals surface area contributed by atoms with Crippen LogP contribution in [-0.4, -0.2) is 35.5 Å². The Morgan fingerprint density at radius 3 is 2.06 bits per heavy atom. The van der Waals surface area contributed by atoms with E-state index in [2.05, 4.69) is 5.32 Å². The largest absolute Gasteiger partial charge is 0.348 e. The third-order valence-electron chi connectivity index (χ3n) is 5.69. The molecule has 0 aromatic heterocycles. The number of nitrogens with zero attached hydrogens (tertiary/aromatic N) is 1. The maximum atomic E-state index is 13.6. The Bertz CT molecular complexity index is 1400. The standard InChI is InChI=1S/C26H30N2O5S2/c1-5-24(21-12-14-22(15-13-21)34(4,30)31)27-26(29)18-28(25-16-11-19(2)17-20(25)3)35(32,33)23-9-7-6-8-10-23/h6-17,24H,5,18H2,1-4H3,(H,27,29). The van der Waals surface area contributed by atoms with Crippen LogP contribution in [0.2, 0.25) is 0 Å². The van der Waals surface area contributed by atoms with Crippen LogP contribution in [0.4, 0.5) is 5.69 Å². The number of carbonyl (C=O) groups is 1. The molecular weight excluding hydrogens is 484 g/mol. The zero-order valence-electron chi connectivity index (χ0n) is 20.2. The minimum atomic E-state index is -4.01. The van der Waals surface area contributed by atoms with Crippen molar-refractivity contribution in [2.45, 2.75) is 43.0 Å². The van der Waals surface area contributed by atoms with Gasteiger partial charge in [-0.1, -0.05) is 55.0 Å². The normalized spacial score (nSPS) is 12.7. The Morgan fingerprint density at radius 2 is 1.51 bits per heavy atom. The number of hydrogen-bond donors (Lipinski definition) is 1. The molecular formula is C26H30N2O5S2. The van der Waals surface area contributed by atoms with Crippen molar-refractivity contribution in [3.8, 4) is 0 Å². The minimum absolute atomic E-state index is 0.0937. The number of nitrogens with one attached hydrogen (secondary N) is 1. The van der Waals surface area contributed by atoms with Gasteiger partial charge in [-0.05, 0) is 61.7 Å². The van der Waals surface area contributed by atoms with E-state index in [1.807, 2.05) is 32.9 Å². The van der Waals surface area contributed by atoms with Crippen LogP contribution in [0.5, 0.6) is 0 Å². The Hall–Kier alpha value is -3.17. The minimum Gasteiger partial charge on any atom is -0.348 e. The first-order valence-electron chi connectivity index (χ1n) is 11.2. The topological polar surface area (TPSA) is 101 Å². The average molecular weight is 515 g/mol. The molecule has 35 heavy (non-hydrogen) atoms. The van der Waals surface area contributed by atoms with E-state index in [0.29, 0.717) is 12.1 Å². The molecule has 3 rings (SSSR count). The van der Waals surface area contributed by atoms with Gasteiger partial charge in [0, 0.05) is 6.26 Å². The van der Waals surface area contributed by atoms with Crippen molar-refractivity contribution in [3.05, 3.63) is 89.5 Å². The molecule has 0 aliphatic heterocycles. The fourth-order valence-corrected chi connectivity index (χ4v) is 5.98. The van der Waals surface area contributed by atoms with E-state index in [1.54, 1.807) is 36.4 Å². The van der Waals surface area contributed by atoms with Crippen LogP contribution >= 0.6 is 0 Å². The maximum Gasteiger partial charge on any atom is 0.264 e. The molecule has 0 bridgehead atoms. The second-order valence-electron chi connectivity index (χ2n) is 8.48. The van der Waals surface area contributed by atoms with Gasteiger partial charge >= 0.3 is 0 Å². The number of anilines is 1. The summed E-state index contributed by atoms with van der Waals surface area (Å²) in [5.74, 6) is -0.469. The van der Waals surface area contributed by atoms with Crippen LogP contribution in [0.25, 0.3) is 0 Å². The van der Waals surface area contributed by atoms with Crippen LogP contribution in [0.15, 0.2) is 82.6 Å². The summed E-state index contributed by atoms with van der Waals surface area (Å²) in [6, 6.07) is 19.3. The quantitative estimate of drug-likeness (QED) is 0.462. The summed E-state index contributed by atoms with van der Waals surface area (Å²) in [5.41, 5.74) is 2.88. The number of benzene rings is 3. The lowest BCUT2D eigenvalue weighted by molar-refractivity contribution is -0.120. The molecule has 0 aliphatic rings. The molecule has 1 unspecified atom stereocenters. The fourth-order valence-electron chi connectivity index (χ4n) is 3.84. The van der Waals surface area contributed by atoms with Gasteiger partial charge in [0.25, 0.3) is 10.0 Å². The molecule has 0 saturated carbocycles. The molecule has 3 aromatic rings. The van der Waals surface area contributed by atoms with Crippen LogP contribution in [-0.2, 0) is 24.7 Å². The van der Waals surface area contributed by atoms with Crippen molar-refractivity contribution in [3.63, 3.8) is 0 Å². The number of sulfonamides is 1. The highest BCUT2D eigenvalue weighted by atomic mass is 32.2. The highest BCUT2D eigenvalue weighted by Crippen LogP contribution is 2.28. The van der Waals surface area contributed by atoms with Gasteiger partial charge in [-0.15, -0.1) is 0 Å². The van der Waals surface area contributed by atoms with Crippen molar-refractivity contribution < 1.29 is 21.6 Å². The van der Waals surface area contributed by atoms with Gasteiger partial charge in [-0.25, -0.2) is 16.8 Å². The molecule has 1 N–H and O–H groups in total. The van der Waals surface area contributed by atoms with Crippen molar-refractivity contribution in [2.75, 3.05) is 17.1 Å². The number of rotatable bonds is 9. The molecule has 186 valence electrons. The van der Waals surface area contributed by atoms with Gasteiger partial charge in [-0.3, -0.25) is 9.10 Å². The lowest BCUT2D eigenvalue weighted by atomic mass is 10.0. The summed E-state index contributed by atoms with van der Waals surface area (Å²) in [7, 11) is -7.34. The summed E-state index contributed by atoms with van der Waals surface area (Å²) in [5, 5.41) is 2.90. The van der Waals surface area contributed by atoms with Gasteiger partial charge in [0.05, 0.1) is 21.5 Å². The molecule has 0 aliphatic carbocycles. The second-order valence-corrected chi connectivity index (χ2v) is 12.4. The van der Waals surface area contributed by atoms with Gasteiger partial charge in [0.15, 0.2) is 9.84 Å². The van der Waals surface area contributed by atoms with Gasteiger partial charge in [-0.2, -0.15) is 0 Å². The van der Waals surface area contributed by atoms with Crippen LogP contribution in [0.3, 0.4) is 0 Å². The molecule has 3 aromatic carbocycles. The molecule has 0 heterocycles. The van der Waals surface area contributed by atoms with Crippen molar-refractivity contribution >= 4 is 31.5 Å². The van der Waals surface area contributed by atoms with E-state index in [9.17, 15) is 21.6 Å². The number of carbonyl (C=O) groups excluding carboxylic acids is 1. The molecule has 0 saturated heterocycles. The molecule has 7 nitrogen and oxygen atoms in total. The first kappa shape index (κ1) is 26.4. The average Bonchev–Trinajstić information content (AvgIpc) is 2.81. The van der Waals surface area contributed by atoms with Gasteiger partial charge < -0.3 is 5.32 Å². The first-order valence-corrected chi connectivity index (χ1v) is 14.5. The molecule has 0 fully saturated rings. The second kappa shape index (κ2) is 10.6. The Labute approximate surface area is 207 Å². The van der Waals surface area contributed by atoms with Crippen molar-refractivity contribution in [2.24, 2.45) is 0 Å². The molecule has 1 amide bonds. The number of hydrogen-bond acceptors (Lipinski definition) is 5. The first-order chi connectivity index (χ1) is 16.4.